The van der Waals surface area contributed by atoms with Gasteiger partial charge in [0, 0.05) is 12.0 Å². The Morgan fingerprint density at radius 3 is 2.15 bits per heavy atom. The third-order valence-electron chi connectivity index (χ3n) is 13.7. The van der Waals surface area contributed by atoms with Crippen LogP contribution in [0, 0.1) is 56.7 Å². The molecule has 0 saturated heterocycles. The molecule has 5 fully saturated rings. The highest BCUT2D eigenvalue weighted by Gasteiger charge is 2.71. The van der Waals surface area contributed by atoms with Gasteiger partial charge in [-0.2, -0.15) is 0 Å². The van der Waals surface area contributed by atoms with E-state index in [1.165, 1.54) is 50.5 Å². The quantitative estimate of drug-likeness (QED) is 0.457. The van der Waals surface area contributed by atoms with Crippen LogP contribution in [0.5, 0.6) is 0 Å². The molecule has 0 radical (unpaired) electrons. The monoisotopic (exact) mass is 458 g/mol. The van der Waals surface area contributed by atoms with E-state index >= 15 is 0 Å². The Kier molecular flexibility index (Phi) is 5.57. The smallest absolute Gasteiger partial charge is 0.0618 e. The number of hydrogen-bond acceptors (Lipinski definition) is 3. The van der Waals surface area contributed by atoms with E-state index in [-0.39, 0.29) is 39.8 Å². The second-order valence-electron chi connectivity index (χ2n) is 14.4. The van der Waals surface area contributed by atoms with Gasteiger partial charge in [-0.3, -0.25) is 0 Å². The van der Waals surface area contributed by atoms with Gasteiger partial charge in [-0.15, -0.1) is 0 Å². The molecule has 0 heterocycles. The van der Waals surface area contributed by atoms with Crippen molar-refractivity contribution in [1.29, 1.82) is 0 Å². The van der Waals surface area contributed by atoms with Crippen molar-refractivity contribution in [1.82, 2.24) is 0 Å². The molecule has 33 heavy (non-hydrogen) atoms. The zero-order chi connectivity index (χ0) is 24.0. The number of rotatable bonds is 3. The Balaban J connectivity index is 1.55. The van der Waals surface area contributed by atoms with Gasteiger partial charge in [0.2, 0.25) is 0 Å². The first-order valence-corrected chi connectivity index (χ1v) is 14.0. The third-order valence-corrected chi connectivity index (χ3v) is 13.7. The summed E-state index contributed by atoms with van der Waals surface area (Å²) in [6.07, 6.45) is 11.2. The number of allylic oxidation sites excluding steroid dienone is 1. The standard InChI is InChI=1S/C30H50O3/c1-19(2)20-9-14-30(18-32)16-15-28(5)21(25(20)30)7-8-23-26(3)12-11-24(33)27(4,17-31)22(26)10-13-29(23,28)6/h20-25,31-33H,1,7-18H2,2-6H3/t20-,21-,22-,23-,24+,25+,26-,27+,28+,29+,30+/m0/s1. The predicted octanol–water partition coefficient (Wildman–Crippen LogP) is 5.97. The Morgan fingerprint density at radius 2 is 1.52 bits per heavy atom. The lowest BCUT2D eigenvalue weighted by Gasteiger charge is -2.73. The summed E-state index contributed by atoms with van der Waals surface area (Å²) in [5.74, 6) is 2.86. The maximum Gasteiger partial charge on any atom is 0.0618 e. The molecule has 0 aromatic rings. The lowest BCUT2D eigenvalue weighted by atomic mass is 9.32. The van der Waals surface area contributed by atoms with Crippen molar-refractivity contribution in [3.8, 4) is 0 Å². The van der Waals surface area contributed by atoms with Crippen LogP contribution in [0.15, 0.2) is 12.2 Å². The number of aliphatic hydroxyl groups is 3. The lowest BCUT2D eigenvalue weighted by molar-refractivity contribution is -0.255. The van der Waals surface area contributed by atoms with Crippen molar-refractivity contribution in [2.24, 2.45) is 56.7 Å². The van der Waals surface area contributed by atoms with Gasteiger partial charge in [0.15, 0.2) is 0 Å². The fourth-order valence-electron chi connectivity index (χ4n) is 11.6. The third kappa shape index (κ3) is 2.85. The van der Waals surface area contributed by atoms with E-state index in [0.717, 1.165) is 19.3 Å². The van der Waals surface area contributed by atoms with Crippen molar-refractivity contribution in [2.45, 2.75) is 105 Å². The second-order valence-corrected chi connectivity index (χ2v) is 14.4. The van der Waals surface area contributed by atoms with Crippen molar-refractivity contribution >= 4 is 0 Å². The zero-order valence-electron chi connectivity index (χ0n) is 22.0. The minimum Gasteiger partial charge on any atom is -0.396 e. The molecule has 0 unspecified atom stereocenters. The molecule has 5 saturated carbocycles. The summed E-state index contributed by atoms with van der Waals surface area (Å²) in [5, 5.41) is 32.0. The topological polar surface area (TPSA) is 60.7 Å². The highest BCUT2D eigenvalue weighted by atomic mass is 16.3. The fourth-order valence-corrected chi connectivity index (χ4v) is 11.6. The number of fused-ring (bicyclic) bond motifs is 7. The average molecular weight is 459 g/mol. The van der Waals surface area contributed by atoms with Crippen LogP contribution in [0.25, 0.3) is 0 Å². The Hall–Kier alpha value is -0.380. The van der Waals surface area contributed by atoms with Gasteiger partial charge in [-0.05, 0) is 122 Å². The molecule has 3 heteroatoms. The van der Waals surface area contributed by atoms with E-state index in [2.05, 4.69) is 41.2 Å². The summed E-state index contributed by atoms with van der Waals surface area (Å²) in [7, 11) is 0. The number of aliphatic hydroxyl groups excluding tert-OH is 3. The van der Waals surface area contributed by atoms with Crippen LogP contribution in [0.2, 0.25) is 0 Å². The molecule has 188 valence electrons. The molecular formula is C30H50O3. The summed E-state index contributed by atoms with van der Waals surface area (Å²) in [6.45, 7) is 17.0. The molecule has 0 aromatic heterocycles. The molecule has 3 N–H and O–H groups in total. The molecule has 0 aromatic carbocycles. The van der Waals surface area contributed by atoms with Gasteiger partial charge in [-0.25, -0.2) is 0 Å². The Bertz CT molecular complexity index is 808. The average Bonchev–Trinajstić information content (AvgIpc) is 3.17. The molecule has 0 amide bonds. The van der Waals surface area contributed by atoms with Crippen LogP contribution in [-0.4, -0.2) is 34.6 Å². The van der Waals surface area contributed by atoms with E-state index in [0.29, 0.717) is 36.2 Å². The highest BCUT2D eigenvalue weighted by molar-refractivity contribution is 5.21. The van der Waals surface area contributed by atoms with Gasteiger partial charge in [-0.1, -0.05) is 39.8 Å². The zero-order valence-corrected chi connectivity index (χ0v) is 22.0. The second kappa shape index (κ2) is 7.56. The predicted molar refractivity (Wildman–Crippen MR) is 133 cm³/mol. The van der Waals surface area contributed by atoms with Gasteiger partial charge in [0.05, 0.1) is 12.7 Å². The normalized spacial score (nSPS) is 58.1. The van der Waals surface area contributed by atoms with E-state index in [4.69, 9.17) is 0 Å². The van der Waals surface area contributed by atoms with Gasteiger partial charge in [0.1, 0.15) is 0 Å². The number of hydrogen-bond donors (Lipinski definition) is 3. The maximum absolute atomic E-state index is 10.9. The van der Waals surface area contributed by atoms with E-state index in [1.807, 2.05) is 0 Å². The molecule has 3 nitrogen and oxygen atoms in total. The summed E-state index contributed by atoms with van der Waals surface area (Å²) in [6, 6.07) is 0. The van der Waals surface area contributed by atoms with Gasteiger partial charge >= 0.3 is 0 Å². The summed E-state index contributed by atoms with van der Waals surface area (Å²) >= 11 is 0. The fraction of sp³-hybridized carbons (Fsp3) is 0.933. The van der Waals surface area contributed by atoms with Crippen molar-refractivity contribution in [3.05, 3.63) is 12.2 Å². The minimum atomic E-state index is -0.383. The Labute approximate surface area is 202 Å². The minimum absolute atomic E-state index is 0.0964. The summed E-state index contributed by atoms with van der Waals surface area (Å²) in [4.78, 5) is 0. The summed E-state index contributed by atoms with van der Waals surface area (Å²) in [5.41, 5.74) is 1.83. The van der Waals surface area contributed by atoms with Crippen molar-refractivity contribution in [2.75, 3.05) is 13.2 Å². The van der Waals surface area contributed by atoms with Crippen LogP contribution in [0.1, 0.15) is 98.8 Å². The first kappa shape index (κ1) is 24.3. The van der Waals surface area contributed by atoms with E-state index in [1.54, 1.807) is 0 Å². The molecule has 0 spiro atoms. The molecule has 0 aliphatic heterocycles. The van der Waals surface area contributed by atoms with Crippen LogP contribution in [0.3, 0.4) is 0 Å². The molecule has 5 rings (SSSR count). The highest BCUT2D eigenvalue weighted by Crippen LogP contribution is 2.77. The first-order valence-electron chi connectivity index (χ1n) is 14.0. The summed E-state index contributed by atoms with van der Waals surface area (Å²) < 4.78 is 0. The maximum atomic E-state index is 10.9. The molecule has 5 aliphatic rings. The van der Waals surface area contributed by atoms with Crippen LogP contribution >= 0.6 is 0 Å². The van der Waals surface area contributed by atoms with E-state index < -0.39 is 0 Å². The SMILES string of the molecule is C=C(C)[C@@H]1CC[C@]2(CO)CC[C@]3(C)[C@@H](CC[C@H]4[C@@]5(C)CC[C@@H](O)[C@](C)(CO)[C@H]5CC[C@]43C)[C@@H]12. The first-order chi connectivity index (χ1) is 15.4. The molecule has 11 atom stereocenters. The van der Waals surface area contributed by atoms with Crippen LogP contribution in [0.4, 0.5) is 0 Å². The van der Waals surface area contributed by atoms with Gasteiger partial charge in [0.25, 0.3) is 0 Å². The van der Waals surface area contributed by atoms with E-state index in [9.17, 15) is 15.3 Å². The van der Waals surface area contributed by atoms with Crippen LogP contribution < -0.4 is 0 Å². The largest absolute Gasteiger partial charge is 0.396 e. The Morgan fingerprint density at radius 1 is 0.788 bits per heavy atom. The van der Waals surface area contributed by atoms with Crippen molar-refractivity contribution in [3.63, 3.8) is 0 Å². The van der Waals surface area contributed by atoms with Gasteiger partial charge < -0.3 is 15.3 Å². The molecule has 5 aliphatic carbocycles. The van der Waals surface area contributed by atoms with Crippen molar-refractivity contribution < 1.29 is 15.3 Å². The lowest BCUT2D eigenvalue weighted by Crippen LogP contribution is -2.67. The molecule has 0 bridgehead atoms. The van der Waals surface area contributed by atoms with Crippen LogP contribution in [-0.2, 0) is 0 Å². The molecular weight excluding hydrogens is 408 g/mol.